The third-order valence-electron chi connectivity index (χ3n) is 5.49. The summed E-state index contributed by atoms with van der Waals surface area (Å²) in [4.78, 5) is 20.9. The van der Waals surface area contributed by atoms with Gasteiger partial charge < -0.3 is 14.9 Å². The number of amides is 1. The second-order valence-electron chi connectivity index (χ2n) is 7.51. The molecule has 0 aliphatic carbocycles. The standard InChI is InChI=1S/C22H27N3O2S/c1-17-10-11-25(20-4-2-3-5-21(20)28-17)22(27)16-23-12-14-24(15-13-23)18-6-8-19(26)9-7-18/h2-9,17,26H,10-16H2,1H3/t17-/m0/s1. The Hall–Kier alpha value is -2.18. The zero-order valence-electron chi connectivity index (χ0n) is 16.3. The largest absolute Gasteiger partial charge is 0.508 e. The lowest BCUT2D eigenvalue weighted by Crippen LogP contribution is -2.50. The van der Waals surface area contributed by atoms with E-state index in [4.69, 9.17) is 0 Å². The molecule has 1 amide bonds. The highest BCUT2D eigenvalue weighted by Gasteiger charge is 2.26. The number of phenolic OH excluding ortho intramolecular Hbond substituents is 1. The van der Waals surface area contributed by atoms with Gasteiger partial charge in [-0.2, -0.15) is 0 Å². The van der Waals surface area contributed by atoms with Crippen molar-refractivity contribution >= 4 is 29.0 Å². The first-order valence-corrected chi connectivity index (χ1v) is 10.8. The van der Waals surface area contributed by atoms with Gasteiger partial charge in [-0.1, -0.05) is 19.1 Å². The summed E-state index contributed by atoms with van der Waals surface area (Å²) in [6.07, 6.45) is 1.01. The number of carbonyl (C=O) groups is 1. The summed E-state index contributed by atoms with van der Waals surface area (Å²) in [5, 5.41) is 9.98. The van der Waals surface area contributed by atoms with Crippen LogP contribution in [0.2, 0.25) is 0 Å². The number of nitrogens with zero attached hydrogens (tertiary/aromatic N) is 3. The van der Waals surface area contributed by atoms with Gasteiger partial charge >= 0.3 is 0 Å². The molecule has 2 aromatic carbocycles. The number of hydrogen-bond donors (Lipinski definition) is 1. The molecule has 0 spiro atoms. The van der Waals surface area contributed by atoms with Gasteiger partial charge in [-0.3, -0.25) is 9.69 Å². The smallest absolute Gasteiger partial charge is 0.241 e. The zero-order valence-corrected chi connectivity index (χ0v) is 17.1. The number of carbonyl (C=O) groups excluding carboxylic acids is 1. The van der Waals surface area contributed by atoms with Crippen LogP contribution >= 0.6 is 11.8 Å². The van der Waals surface area contributed by atoms with Crippen molar-refractivity contribution in [2.45, 2.75) is 23.5 Å². The maximum atomic E-state index is 13.1. The van der Waals surface area contributed by atoms with Crippen molar-refractivity contribution in [2.75, 3.05) is 49.1 Å². The Labute approximate surface area is 170 Å². The van der Waals surface area contributed by atoms with Crippen LogP contribution in [0.15, 0.2) is 53.4 Å². The fourth-order valence-electron chi connectivity index (χ4n) is 3.85. The fourth-order valence-corrected chi connectivity index (χ4v) is 4.96. The van der Waals surface area contributed by atoms with E-state index in [0.717, 1.165) is 50.5 Å². The van der Waals surface area contributed by atoms with Crippen molar-refractivity contribution in [1.29, 1.82) is 0 Å². The molecule has 1 N–H and O–H groups in total. The summed E-state index contributed by atoms with van der Waals surface area (Å²) in [6, 6.07) is 15.6. The van der Waals surface area contributed by atoms with Crippen LogP contribution in [0.5, 0.6) is 5.75 Å². The number of piperazine rings is 1. The topological polar surface area (TPSA) is 47.0 Å². The van der Waals surface area contributed by atoms with Gasteiger partial charge in [-0.15, -0.1) is 11.8 Å². The molecule has 2 heterocycles. The first kappa shape index (κ1) is 19.2. The van der Waals surface area contributed by atoms with Crippen LogP contribution in [-0.4, -0.2) is 60.4 Å². The van der Waals surface area contributed by atoms with Gasteiger partial charge in [0.25, 0.3) is 0 Å². The molecule has 4 rings (SSSR count). The van der Waals surface area contributed by atoms with Gasteiger partial charge in [0.05, 0.1) is 12.2 Å². The number of thioether (sulfide) groups is 1. The number of benzene rings is 2. The average Bonchev–Trinajstić information content (AvgIpc) is 2.87. The molecule has 148 valence electrons. The molecule has 0 saturated carbocycles. The number of phenols is 1. The Kier molecular flexibility index (Phi) is 5.78. The SMILES string of the molecule is C[C@H]1CCN(C(=O)CN2CCN(c3ccc(O)cc3)CC2)c2ccccc2S1. The summed E-state index contributed by atoms with van der Waals surface area (Å²) in [5.41, 5.74) is 2.18. The summed E-state index contributed by atoms with van der Waals surface area (Å²) < 4.78 is 0. The van der Waals surface area contributed by atoms with Crippen molar-refractivity contribution in [3.8, 4) is 5.75 Å². The van der Waals surface area contributed by atoms with Crippen LogP contribution in [0.4, 0.5) is 11.4 Å². The highest BCUT2D eigenvalue weighted by molar-refractivity contribution is 8.00. The minimum absolute atomic E-state index is 0.195. The fraction of sp³-hybridized carbons (Fsp3) is 0.409. The van der Waals surface area contributed by atoms with Crippen LogP contribution in [-0.2, 0) is 4.79 Å². The summed E-state index contributed by atoms with van der Waals surface area (Å²) >= 11 is 1.87. The van der Waals surface area contributed by atoms with Gasteiger partial charge in [-0.05, 0) is 42.8 Å². The molecule has 2 aromatic rings. The second-order valence-corrected chi connectivity index (χ2v) is 8.99. The molecule has 0 bridgehead atoms. The van der Waals surface area contributed by atoms with E-state index in [2.05, 4.69) is 34.9 Å². The summed E-state index contributed by atoms with van der Waals surface area (Å²) in [5.74, 6) is 0.485. The van der Waals surface area contributed by atoms with Gasteiger partial charge in [0, 0.05) is 48.6 Å². The van der Waals surface area contributed by atoms with Gasteiger partial charge in [0.1, 0.15) is 5.75 Å². The number of hydrogen-bond acceptors (Lipinski definition) is 5. The van der Waals surface area contributed by atoms with E-state index < -0.39 is 0 Å². The van der Waals surface area contributed by atoms with E-state index in [1.165, 1.54) is 4.90 Å². The molecule has 1 atom stereocenters. The lowest BCUT2D eigenvalue weighted by Gasteiger charge is -2.36. The average molecular weight is 398 g/mol. The number of anilines is 2. The van der Waals surface area contributed by atoms with E-state index in [1.54, 1.807) is 12.1 Å². The van der Waals surface area contributed by atoms with Gasteiger partial charge in [-0.25, -0.2) is 0 Å². The molecule has 28 heavy (non-hydrogen) atoms. The molecular formula is C22H27N3O2S. The summed E-state index contributed by atoms with van der Waals surface area (Å²) in [7, 11) is 0. The Morgan fingerprint density at radius 2 is 1.75 bits per heavy atom. The molecule has 0 aromatic heterocycles. The number of para-hydroxylation sites is 1. The molecule has 5 nitrogen and oxygen atoms in total. The Balaban J connectivity index is 1.37. The quantitative estimate of drug-likeness (QED) is 0.860. The maximum absolute atomic E-state index is 13.1. The third kappa shape index (κ3) is 4.28. The molecular weight excluding hydrogens is 370 g/mol. The van der Waals surface area contributed by atoms with Crippen molar-refractivity contribution in [2.24, 2.45) is 0 Å². The monoisotopic (exact) mass is 397 g/mol. The van der Waals surface area contributed by atoms with Crippen molar-refractivity contribution in [3.63, 3.8) is 0 Å². The molecule has 0 radical (unpaired) electrons. The highest BCUT2D eigenvalue weighted by atomic mass is 32.2. The Bertz CT molecular complexity index is 819. The lowest BCUT2D eigenvalue weighted by molar-refractivity contribution is -0.119. The molecule has 1 saturated heterocycles. The van der Waals surface area contributed by atoms with E-state index in [-0.39, 0.29) is 11.7 Å². The highest BCUT2D eigenvalue weighted by Crippen LogP contribution is 2.37. The molecule has 2 aliphatic heterocycles. The Morgan fingerprint density at radius 3 is 2.50 bits per heavy atom. The minimum atomic E-state index is 0.195. The predicted octanol–water partition coefficient (Wildman–Crippen LogP) is 3.43. The molecule has 6 heteroatoms. The van der Waals surface area contributed by atoms with Gasteiger partial charge in [0.15, 0.2) is 0 Å². The minimum Gasteiger partial charge on any atom is -0.508 e. The number of rotatable bonds is 3. The van der Waals surface area contributed by atoms with E-state index in [9.17, 15) is 9.90 Å². The van der Waals surface area contributed by atoms with Crippen molar-refractivity contribution < 1.29 is 9.90 Å². The normalized spacial score (nSPS) is 20.5. The zero-order chi connectivity index (χ0) is 19.5. The second kappa shape index (κ2) is 8.45. The number of aromatic hydroxyl groups is 1. The van der Waals surface area contributed by atoms with E-state index >= 15 is 0 Å². The molecule has 2 aliphatic rings. The van der Waals surface area contributed by atoms with Gasteiger partial charge in [0.2, 0.25) is 5.91 Å². The van der Waals surface area contributed by atoms with E-state index in [1.807, 2.05) is 34.9 Å². The molecule has 0 unspecified atom stereocenters. The van der Waals surface area contributed by atoms with Crippen LogP contribution in [0, 0.1) is 0 Å². The van der Waals surface area contributed by atoms with Crippen LogP contribution in [0.1, 0.15) is 13.3 Å². The van der Waals surface area contributed by atoms with E-state index in [0.29, 0.717) is 11.8 Å². The van der Waals surface area contributed by atoms with Crippen molar-refractivity contribution in [1.82, 2.24) is 4.90 Å². The third-order valence-corrected chi connectivity index (χ3v) is 6.73. The number of fused-ring (bicyclic) bond motifs is 1. The Morgan fingerprint density at radius 1 is 1.04 bits per heavy atom. The first-order chi connectivity index (χ1) is 13.6. The van der Waals surface area contributed by atoms with Crippen LogP contribution in [0.25, 0.3) is 0 Å². The summed E-state index contributed by atoms with van der Waals surface area (Å²) in [6.45, 7) is 7.01. The van der Waals surface area contributed by atoms with Crippen LogP contribution < -0.4 is 9.80 Å². The van der Waals surface area contributed by atoms with Crippen LogP contribution in [0.3, 0.4) is 0 Å². The maximum Gasteiger partial charge on any atom is 0.241 e. The lowest BCUT2D eigenvalue weighted by atomic mass is 10.2. The molecule has 1 fully saturated rings. The van der Waals surface area contributed by atoms with Crippen molar-refractivity contribution in [3.05, 3.63) is 48.5 Å². The first-order valence-electron chi connectivity index (χ1n) is 9.92. The predicted molar refractivity (Wildman–Crippen MR) is 115 cm³/mol.